The maximum Gasteiger partial charge on any atom is 0.253 e. The van der Waals surface area contributed by atoms with Crippen LogP contribution in [0.1, 0.15) is 26.2 Å². The first-order valence-electron chi connectivity index (χ1n) is 5.08. The minimum atomic E-state index is -3.33. The Kier molecular flexibility index (Phi) is 6.31. The molecular formula is C9H21N3O2S. The number of guanidine groups is 1. The van der Waals surface area contributed by atoms with E-state index >= 15 is 0 Å². The highest BCUT2D eigenvalue weighted by Gasteiger charge is 2.05. The fraction of sp³-hybridized carbons (Fsp3) is 0.889. The van der Waals surface area contributed by atoms with Gasteiger partial charge in [-0.3, -0.25) is 0 Å². The minimum Gasteiger partial charge on any atom is -0.355 e. The van der Waals surface area contributed by atoms with Gasteiger partial charge in [0.15, 0.2) is 0 Å². The third kappa shape index (κ3) is 8.23. The molecule has 0 amide bonds. The normalized spacial score (nSPS) is 12.7. The van der Waals surface area contributed by atoms with Crippen molar-refractivity contribution in [3.8, 4) is 0 Å². The Labute approximate surface area is 92.6 Å². The Hall–Kier alpha value is -0.780. The largest absolute Gasteiger partial charge is 0.355 e. The van der Waals surface area contributed by atoms with E-state index in [1.807, 2.05) is 0 Å². The summed E-state index contributed by atoms with van der Waals surface area (Å²) in [4.78, 5) is 1.66. The van der Waals surface area contributed by atoms with E-state index in [0.29, 0.717) is 5.96 Å². The number of rotatable bonds is 5. The molecule has 15 heavy (non-hydrogen) atoms. The van der Waals surface area contributed by atoms with Gasteiger partial charge in [-0.15, -0.1) is 4.40 Å². The second-order valence-electron chi connectivity index (χ2n) is 3.68. The maximum absolute atomic E-state index is 11.0. The van der Waals surface area contributed by atoms with Gasteiger partial charge < -0.3 is 10.2 Å². The fourth-order valence-electron chi connectivity index (χ4n) is 1.00. The smallest absolute Gasteiger partial charge is 0.253 e. The van der Waals surface area contributed by atoms with Crippen molar-refractivity contribution in [3.63, 3.8) is 0 Å². The lowest BCUT2D eigenvalue weighted by Crippen LogP contribution is -2.37. The van der Waals surface area contributed by atoms with Gasteiger partial charge in [0.25, 0.3) is 10.0 Å². The van der Waals surface area contributed by atoms with Crippen LogP contribution in [0.2, 0.25) is 0 Å². The van der Waals surface area contributed by atoms with Crippen LogP contribution in [0.5, 0.6) is 0 Å². The highest BCUT2D eigenvalue weighted by Crippen LogP contribution is 1.93. The van der Waals surface area contributed by atoms with Crippen molar-refractivity contribution in [1.82, 2.24) is 10.2 Å². The molecule has 0 aliphatic carbocycles. The topological polar surface area (TPSA) is 61.8 Å². The molecule has 5 nitrogen and oxygen atoms in total. The van der Waals surface area contributed by atoms with Crippen molar-refractivity contribution < 1.29 is 8.42 Å². The average Bonchev–Trinajstić information content (AvgIpc) is 2.08. The van der Waals surface area contributed by atoms with Crippen molar-refractivity contribution in [2.75, 3.05) is 26.9 Å². The van der Waals surface area contributed by atoms with Gasteiger partial charge in [-0.05, 0) is 6.42 Å². The van der Waals surface area contributed by atoms with Crippen LogP contribution in [0.3, 0.4) is 0 Å². The lowest BCUT2D eigenvalue weighted by atomic mass is 10.2. The number of nitrogens with zero attached hydrogens (tertiary/aromatic N) is 2. The first-order valence-corrected chi connectivity index (χ1v) is 6.92. The molecular weight excluding hydrogens is 214 g/mol. The van der Waals surface area contributed by atoms with Crippen LogP contribution in [0, 0.1) is 0 Å². The third-order valence-corrected chi connectivity index (χ3v) is 2.24. The number of sulfonamides is 1. The van der Waals surface area contributed by atoms with Gasteiger partial charge in [0.05, 0.1) is 6.26 Å². The van der Waals surface area contributed by atoms with E-state index in [1.54, 1.807) is 19.0 Å². The Bertz CT molecular complexity index is 296. The number of hydrogen-bond acceptors (Lipinski definition) is 2. The van der Waals surface area contributed by atoms with Crippen molar-refractivity contribution >= 4 is 16.0 Å². The van der Waals surface area contributed by atoms with Gasteiger partial charge in [0, 0.05) is 20.6 Å². The van der Waals surface area contributed by atoms with Crippen molar-refractivity contribution in [2.24, 2.45) is 4.40 Å². The molecule has 0 saturated heterocycles. The summed E-state index contributed by atoms with van der Waals surface area (Å²) in [6.07, 6.45) is 4.38. The molecule has 0 aliphatic rings. The van der Waals surface area contributed by atoms with Gasteiger partial charge in [0.2, 0.25) is 5.96 Å². The second-order valence-corrected chi connectivity index (χ2v) is 5.32. The van der Waals surface area contributed by atoms with E-state index < -0.39 is 10.0 Å². The molecule has 0 spiro atoms. The molecule has 0 fully saturated rings. The monoisotopic (exact) mass is 235 g/mol. The molecule has 0 heterocycles. The standard InChI is InChI=1S/C9H21N3O2S/c1-5-6-7-8-10-9(12(2)3)11-15(4,13)14/h5-8H2,1-4H3,(H,10,11). The third-order valence-electron chi connectivity index (χ3n) is 1.74. The van der Waals surface area contributed by atoms with Crippen molar-refractivity contribution in [1.29, 1.82) is 0 Å². The molecule has 0 aromatic rings. The summed E-state index contributed by atoms with van der Waals surface area (Å²) >= 11 is 0. The SMILES string of the molecule is CCCCCN/C(=N/S(C)(=O)=O)N(C)C. The maximum atomic E-state index is 11.0. The molecule has 0 aromatic heterocycles. The first-order chi connectivity index (χ1) is 6.87. The Balaban J connectivity index is 4.25. The number of unbranched alkanes of at least 4 members (excludes halogenated alkanes) is 2. The fourth-order valence-corrected chi connectivity index (χ4v) is 1.55. The Morgan fingerprint density at radius 2 is 1.93 bits per heavy atom. The van der Waals surface area contributed by atoms with Crippen LogP contribution >= 0.6 is 0 Å². The molecule has 0 radical (unpaired) electrons. The predicted molar refractivity (Wildman–Crippen MR) is 63.5 cm³/mol. The van der Waals surface area contributed by atoms with E-state index in [-0.39, 0.29) is 0 Å². The minimum absolute atomic E-state index is 0.397. The number of nitrogens with one attached hydrogen (secondary N) is 1. The molecule has 0 saturated carbocycles. The zero-order valence-electron chi connectivity index (χ0n) is 9.95. The van der Waals surface area contributed by atoms with E-state index in [2.05, 4.69) is 16.6 Å². The molecule has 1 N–H and O–H groups in total. The lowest BCUT2D eigenvalue weighted by Gasteiger charge is -2.16. The summed E-state index contributed by atoms with van der Waals surface area (Å²) in [5, 5.41) is 3.01. The summed E-state index contributed by atoms with van der Waals surface area (Å²) in [6, 6.07) is 0. The molecule has 6 heteroatoms. The first kappa shape index (κ1) is 14.2. The van der Waals surface area contributed by atoms with Crippen molar-refractivity contribution in [2.45, 2.75) is 26.2 Å². The van der Waals surface area contributed by atoms with Crippen LogP contribution in [0.15, 0.2) is 4.40 Å². The molecule has 0 rings (SSSR count). The van der Waals surface area contributed by atoms with Gasteiger partial charge in [-0.25, -0.2) is 8.42 Å². The molecule has 0 bridgehead atoms. The summed E-state index contributed by atoms with van der Waals surface area (Å²) < 4.78 is 25.6. The lowest BCUT2D eigenvalue weighted by molar-refractivity contribution is 0.570. The highest BCUT2D eigenvalue weighted by atomic mass is 32.2. The Morgan fingerprint density at radius 3 is 2.33 bits per heavy atom. The van der Waals surface area contributed by atoms with Crippen LogP contribution in [-0.4, -0.2) is 46.2 Å². The van der Waals surface area contributed by atoms with Gasteiger partial charge in [-0.2, -0.15) is 0 Å². The van der Waals surface area contributed by atoms with Crippen LogP contribution in [0.4, 0.5) is 0 Å². The molecule has 90 valence electrons. The van der Waals surface area contributed by atoms with Crippen LogP contribution < -0.4 is 5.32 Å². The Morgan fingerprint density at radius 1 is 1.33 bits per heavy atom. The second kappa shape index (κ2) is 6.66. The van der Waals surface area contributed by atoms with Gasteiger partial charge in [-0.1, -0.05) is 19.8 Å². The molecule has 0 atom stereocenters. The van der Waals surface area contributed by atoms with Gasteiger partial charge >= 0.3 is 0 Å². The van der Waals surface area contributed by atoms with Crippen LogP contribution in [0.25, 0.3) is 0 Å². The summed E-state index contributed by atoms with van der Waals surface area (Å²) in [6.45, 7) is 2.87. The van der Waals surface area contributed by atoms with E-state index in [0.717, 1.165) is 32.1 Å². The van der Waals surface area contributed by atoms with E-state index in [4.69, 9.17) is 0 Å². The summed E-state index contributed by atoms with van der Waals surface area (Å²) in [5.74, 6) is 0.397. The van der Waals surface area contributed by atoms with Crippen LogP contribution in [-0.2, 0) is 10.0 Å². The highest BCUT2D eigenvalue weighted by molar-refractivity contribution is 7.89. The van der Waals surface area contributed by atoms with Gasteiger partial charge in [0.1, 0.15) is 0 Å². The van der Waals surface area contributed by atoms with Crippen molar-refractivity contribution in [3.05, 3.63) is 0 Å². The quantitative estimate of drug-likeness (QED) is 0.431. The molecule has 0 unspecified atom stereocenters. The number of hydrogen-bond donors (Lipinski definition) is 1. The zero-order valence-corrected chi connectivity index (χ0v) is 10.8. The molecule has 0 aromatic carbocycles. The summed E-state index contributed by atoms with van der Waals surface area (Å²) in [5.41, 5.74) is 0. The van der Waals surface area contributed by atoms with E-state index in [1.165, 1.54) is 0 Å². The predicted octanol–water partition coefficient (Wildman–Crippen LogP) is 0.643. The summed E-state index contributed by atoms with van der Waals surface area (Å²) in [7, 11) is 0.194. The zero-order chi connectivity index (χ0) is 11.9. The van der Waals surface area contributed by atoms with E-state index in [9.17, 15) is 8.42 Å². The molecule has 0 aliphatic heterocycles. The average molecular weight is 235 g/mol.